The van der Waals surface area contributed by atoms with Crippen LogP contribution in [0.15, 0.2) is 30.6 Å². The maximum Gasteiger partial charge on any atom is 0.411 e. The number of benzene rings is 1. The normalized spacial score (nSPS) is 14.6. The monoisotopic (exact) mass is 328 g/mol. The highest BCUT2D eigenvalue weighted by Crippen LogP contribution is 2.33. The van der Waals surface area contributed by atoms with E-state index in [1.807, 2.05) is 19.9 Å². The fourth-order valence-electron chi connectivity index (χ4n) is 2.69. The molecule has 7 heteroatoms. The van der Waals surface area contributed by atoms with Crippen molar-refractivity contribution in [3.05, 3.63) is 41.9 Å². The van der Waals surface area contributed by atoms with Gasteiger partial charge in [-0.1, -0.05) is 13.8 Å². The fraction of sp³-hybridized carbons (Fsp3) is 0.353. The lowest BCUT2D eigenvalue weighted by Gasteiger charge is -2.15. The van der Waals surface area contributed by atoms with Gasteiger partial charge in [-0.2, -0.15) is 0 Å². The molecule has 0 fully saturated rings. The number of carbonyl (C=O) groups is 1. The predicted molar refractivity (Wildman–Crippen MR) is 89.4 cm³/mol. The van der Waals surface area contributed by atoms with Gasteiger partial charge in [0.15, 0.2) is 0 Å². The van der Waals surface area contributed by atoms with E-state index in [1.54, 1.807) is 18.2 Å². The molecule has 24 heavy (non-hydrogen) atoms. The summed E-state index contributed by atoms with van der Waals surface area (Å²) in [5, 5.41) is 9.16. The van der Waals surface area contributed by atoms with Crippen LogP contribution in [0.2, 0.25) is 0 Å². The fourth-order valence-corrected chi connectivity index (χ4v) is 2.69. The molecular formula is C17H20N4O3. The van der Waals surface area contributed by atoms with Crippen LogP contribution >= 0.6 is 0 Å². The number of ether oxygens (including phenoxy) is 1. The van der Waals surface area contributed by atoms with Crippen LogP contribution in [0, 0.1) is 5.92 Å². The summed E-state index contributed by atoms with van der Waals surface area (Å²) in [4.78, 5) is 20.8. The Hall–Kier alpha value is -2.67. The van der Waals surface area contributed by atoms with E-state index >= 15 is 0 Å². The second-order valence-corrected chi connectivity index (χ2v) is 6.13. The molecule has 0 saturated heterocycles. The molecule has 2 heterocycles. The van der Waals surface area contributed by atoms with Crippen molar-refractivity contribution in [3.63, 3.8) is 0 Å². The van der Waals surface area contributed by atoms with Crippen molar-refractivity contribution in [2.45, 2.75) is 26.3 Å². The van der Waals surface area contributed by atoms with Crippen molar-refractivity contribution < 1.29 is 14.6 Å². The van der Waals surface area contributed by atoms with Crippen molar-refractivity contribution in [1.29, 1.82) is 0 Å². The topological polar surface area (TPSA) is 102 Å². The van der Waals surface area contributed by atoms with E-state index in [2.05, 4.69) is 9.97 Å². The van der Waals surface area contributed by atoms with Gasteiger partial charge in [0.25, 0.3) is 0 Å². The van der Waals surface area contributed by atoms with Gasteiger partial charge < -0.3 is 15.6 Å². The van der Waals surface area contributed by atoms with Gasteiger partial charge in [0.05, 0.1) is 11.4 Å². The molecule has 3 rings (SSSR count). The summed E-state index contributed by atoms with van der Waals surface area (Å²) in [5.74, 6) is 1.29. The maximum absolute atomic E-state index is 11.2. The van der Waals surface area contributed by atoms with Gasteiger partial charge >= 0.3 is 6.09 Å². The largest absolute Gasteiger partial charge is 0.465 e. The molecule has 3 N–H and O–H groups in total. The zero-order chi connectivity index (χ0) is 17.3. The summed E-state index contributed by atoms with van der Waals surface area (Å²) in [6, 6.07) is 6.90. The predicted octanol–water partition coefficient (Wildman–Crippen LogP) is 2.97. The number of anilines is 1. The minimum atomic E-state index is -0.939. The van der Waals surface area contributed by atoms with Crippen LogP contribution in [0.1, 0.15) is 31.1 Å². The standard InChI is InChI=1S/C17H20N4O3/c1-10(2)16(18)13-8-15(20-9-19-13)24-12-3-4-14-11(7-12)5-6-21(14)17(22)23/h3-4,7-10,16H,5-6,18H2,1-2H3,(H,22,23). The first-order valence-corrected chi connectivity index (χ1v) is 7.84. The van der Waals surface area contributed by atoms with Crippen LogP contribution in [0.5, 0.6) is 11.6 Å². The summed E-state index contributed by atoms with van der Waals surface area (Å²) >= 11 is 0. The highest BCUT2D eigenvalue weighted by atomic mass is 16.5. The SMILES string of the molecule is CC(C)C(N)c1cc(Oc2ccc3c(c2)CCN3C(=O)O)ncn1. The molecule has 0 radical (unpaired) electrons. The molecule has 1 aromatic heterocycles. The number of fused-ring (bicyclic) bond motifs is 1. The molecule has 1 aliphatic rings. The lowest BCUT2D eigenvalue weighted by atomic mass is 10.0. The highest BCUT2D eigenvalue weighted by molar-refractivity contribution is 5.89. The zero-order valence-corrected chi connectivity index (χ0v) is 13.6. The van der Waals surface area contributed by atoms with E-state index in [0.717, 1.165) is 11.3 Å². The van der Waals surface area contributed by atoms with Crippen LogP contribution in [0.3, 0.4) is 0 Å². The number of rotatable bonds is 4. The van der Waals surface area contributed by atoms with Crippen LogP contribution < -0.4 is 15.4 Å². The van der Waals surface area contributed by atoms with Crippen molar-refractivity contribution in [2.75, 3.05) is 11.4 Å². The van der Waals surface area contributed by atoms with E-state index in [-0.39, 0.29) is 12.0 Å². The molecular weight excluding hydrogens is 308 g/mol. The maximum atomic E-state index is 11.2. The third-order valence-electron chi connectivity index (χ3n) is 4.12. The number of amides is 1. The molecule has 7 nitrogen and oxygen atoms in total. The summed E-state index contributed by atoms with van der Waals surface area (Å²) in [6.45, 7) is 4.53. The number of nitrogens with two attached hydrogens (primary N) is 1. The van der Waals surface area contributed by atoms with E-state index in [1.165, 1.54) is 11.2 Å². The molecule has 1 aliphatic heterocycles. The average molecular weight is 328 g/mol. The Labute approximate surface area is 140 Å². The number of aromatic nitrogens is 2. The Bertz CT molecular complexity index is 763. The van der Waals surface area contributed by atoms with Gasteiger partial charge in [0, 0.05) is 18.7 Å². The smallest absolute Gasteiger partial charge is 0.411 e. The summed E-state index contributed by atoms with van der Waals surface area (Å²) in [6.07, 6.45) is 1.17. The van der Waals surface area contributed by atoms with Crippen molar-refractivity contribution in [2.24, 2.45) is 11.7 Å². The molecule has 0 aliphatic carbocycles. The second-order valence-electron chi connectivity index (χ2n) is 6.13. The third kappa shape index (κ3) is 3.16. The molecule has 0 bridgehead atoms. The molecule has 0 spiro atoms. The number of carboxylic acid groups (broad SMARTS) is 1. The molecule has 0 saturated carbocycles. The van der Waals surface area contributed by atoms with Crippen LogP contribution in [0.4, 0.5) is 10.5 Å². The van der Waals surface area contributed by atoms with Gasteiger partial charge in [-0.25, -0.2) is 14.8 Å². The minimum absolute atomic E-state index is 0.181. The lowest BCUT2D eigenvalue weighted by molar-refractivity contribution is 0.202. The lowest BCUT2D eigenvalue weighted by Crippen LogP contribution is -2.26. The molecule has 1 unspecified atom stereocenters. The molecule has 1 aromatic carbocycles. The van der Waals surface area contributed by atoms with E-state index in [4.69, 9.17) is 15.6 Å². The number of hydrogen-bond acceptors (Lipinski definition) is 5. The Balaban J connectivity index is 1.80. The third-order valence-corrected chi connectivity index (χ3v) is 4.12. The Morgan fingerprint density at radius 3 is 2.83 bits per heavy atom. The highest BCUT2D eigenvalue weighted by Gasteiger charge is 2.24. The average Bonchev–Trinajstić information content (AvgIpc) is 2.97. The summed E-state index contributed by atoms with van der Waals surface area (Å²) < 4.78 is 5.80. The first kappa shape index (κ1) is 16.2. The first-order chi connectivity index (χ1) is 11.5. The van der Waals surface area contributed by atoms with E-state index < -0.39 is 6.09 Å². The van der Waals surface area contributed by atoms with Crippen molar-refractivity contribution >= 4 is 11.8 Å². The van der Waals surface area contributed by atoms with Gasteiger partial charge in [-0.05, 0) is 36.1 Å². The molecule has 1 atom stereocenters. The van der Waals surface area contributed by atoms with Gasteiger partial charge in [0.1, 0.15) is 12.1 Å². The van der Waals surface area contributed by atoms with Gasteiger partial charge in [0.2, 0.25) is 5.88 Å². The zero-order valence-electron chi connectivity index (χ0n) is 13.6. The van der Waals surface area contributed by atoms with Crippen LogP contribution in [0.25, 0.3) is 0 Å². The number of nitrogens with zero attached hydrogens (tertiary/aromatic N) is 3. The quantitative estimate of drug-likeness (QED) is 0.894. The molecule has 1 amide bonds. The van der Waals surface area contributed by atoms with Gasteiger partial charge in [-0.3, -0.25) is 4.90 Å². The summed E-state index contributed by atoms with van der Waals surface area (Å²) in [5.41, 5.74) is 8.50. The van der Waals surface area contributed by atoms with E-state index in [0.29, 0.717) is 30.3 Å². The van der Waals surface area contributed by atoms with E-state index in [9.17, 15) is 4.79 Å². The summed E-state index contributed by atoms with van der Waals surface area (Å²) in [7, 11) is 0. The van der Waals surface area contributed by atoms with Crippen LogP contribution in [-0.2, 0) is 6.42 Å². The molecule has 126 valence electrons. The van der Waals surface area contributed by atoms with Crippen molar-refractivity contribution in [3.8, 4) is 11.6 Å². The number of hydrogen-bond donors (Lipinski definition) is 2. The Morgan fingerprint density at radius 2 is 2.12 bits per heavy atom. The first-order valence-electron chi connectivity index (χ1n) is 7.84. The van der Waals surface area contributed by atoms with Crippen LogP contribution in [-0.4, -0.2) is 27.7 Å². The second kappa shape index (κ2) is 6.45. The molecule has 2 aromatic rings. The minimum Gasteiger partial charge on any atom is -0.465 e. The Kier molecular flexibility index (Phi) is 4.35. The van der Waals surface area contributed by atoms with Crippen molar-refractivity contribution in [1.82, 2.24) is 9.97 Å². The Morgan fingerprint density at radius 1 is 1.33 bits per heavy atom. The van der Waals surface area contributed by atoms with Gasteiger partial charge in [-0.15, -0.1) is 0 Å².